The third kappa shape index (κ3) is 6.65. The Morgan fingerprint density at radius 2 is 1.90 bits per heavy atom. The Kier molecular flexibility index (Phi) is 6.52. The van der Waals surface area contributed by atoms with E-state index in [1.165, 1.54) is 4.90 Å². The zero-order valence-corrected chi connectivity index (χ0v) is 13.0. The maximum atomic E-state index is 11.6. The second-order valence-electron chi connectivity index (χ2n) is 5.34. The predicted molar refractivity (Wildman–Crippen MR) is 83.4 cm³/mol. The Bertz CT molecular complexity index is 487. The SMILES string of the molecule is CC(C)COC(=O)Nc1cccc(NCC(=O)N(C)C)c1. The molecule has 2 amide bonds. The fourth-order valence-electron chi connectivity index (χ4n) is 1.44. The molecule has 0 radical (unpaired) electrons. The summed E-state index contributed by atoms with van der Waals surface area (Å²) in [5.41, 5.74) is 1.37. The van der Waals surface area contributed by atoms with Crippen LogP contribution >= 0.6 is 0 Å². The first kappa shape index (κ1) is 16.8. The number of carbonyl (C=O) groups is 2. The molecule has 0 unspecified atom stereocenters. The summed E-state index contributed by atoms with van der Waals surface area (Å²) in [5.74, 6) is 0.269. The van der Waals surface area contributed by atoms with Gasteiger partial charge in [0.05, 0.1) is 13.2 Å². The molecule has 6 nitrogen and oxygen atoms in total. The van der Waals surface area contributed by atoms with Gasteiger partial charge < -0.3 is 15.0 Å². The van der Waals surface area contributed by atoms with E-state index >= 15 is 0 Å². The van der Waals surface area contributed by atoms with Crippen LogP contribution in [0.5, 0.6) is 0 Å². The topological polar surface area (TPSA) is 70.7 Å². The molecule has 116 valence electrons. The largest absolute Gasteiger partial charge is 0.449 e. The maximum absolute atomic E-state index is 11.6. The zero-order chi connectivity index (χ0) is 15.8. The summed E-state index contributed by atoms with van der Waals surface area (Å²) in [4.78, 5) is 24.6. The van der Waals surface area contributed by atoms with Crippen LogP contribution in [0.15, 0.2) is 24.3 Å². The monoisotopic (exact) mass is 293 g/mol. The summed E-state index contributed by atoms with van der Waals surface area (Å²) in [6.07, 6.45) is -0.481. The van der Waals surface area contributed by atoms with Crippen LogP contribution < -0.4 is 10.6 Å². The molecule has 0 aliphatic carbocycles. The van der Waals surface area contributed by atoms with Gasteiger partial charge in [0.2, 0.25) is 5.91 Å². The van der Waals surface area contributed by atoms with Gasteiger partial charge in [-0.25, -0.2) is 4.79 Å². The third-order valence-electron chi connectivity index (χ3n) is 2.60. The molecule has 0 fully saturated rings. The number of ether oxygens (including phenoxy) is 1. The quantitative estimate of drug-likeness (QED) is 0.845. The number of anilines is 2. The van der Waals surface area contributed by atoms with Crippen molar-refractivity contribution in [2.45, 2.75) is 13.8 Å². The van der Waals surface area contributed by atoms with Crippen molar-refractivity contribution >= 4 is 23.4 Å². The lowest BCUT2D eigenvalue weighted by atomic mass is 10.2. The minimum atomic E-state index is -0.481. The van der Waals surface area contributed by atoms with Crippen LogP contribution in [0.1, 0.15) is 13.8 Å². The molecule has 1 aromatic rings. The number of likely N-dealkylation sites (N-methyl/N-ethyl adjacent to an activating group) is 1. The Morgan fingerprint density at radius 3 is 2.52 bits per heavy atom. The summed E-state index contributed by atoms with van der Waals surface area (Å²) < 4.78 is 5.05. The summed E-state index contributed by atoms with van der Waals surface area (Å²) >= 11 is 0. The van der Waals surface area contributed by atoms with Crippen molar-refractivity contribution in [1.82, 2.24) is 4.90 Å². The van der Waals surface area contributed by atoms with Crippen molar-refractivity contribution in [3.8, 4) is 0 Å². The van der Waals surface area contributed by atoms with Crippen molar-refractivity contribution in [2.24, 2.45) is 5.92 Å². The molecule has 21 heavy (non-hydrogen) atoms. The zero-order valence-electron chi connectivity index (χ0n) is 13.0. The lowest BCUT2D eigenvalue weighted by molar-refractivity contribution is -0.126. The summed E-state index contributed by atoms with van der Waals surface area (Å²) in [6, 6.07) is 7.13. The van der Waals surface area contributed by atoms with Crippen LogP contribution in [0.4, 0.5) is 16.2 Å². The minimum Gasteiger partial charge on any atom is -0.449 e. The molecule has 0 saturated carbocycles. The molecule has 0 heterocycles. The van der Waals surface area contributed by atoms with E-state index in [-0.39, 0.29) is 12.5 Å². The van der Waals surface area contributed by atoms with Gasteiger partial charge in [0, 0.05) is 25.5 Å². The number of carbonyl (C=O) groups excluding carboxylic acids is 2. The van der Waals surface area contributed by atoms with Crippen LogP contribution in [0.2, 0.25) is 0 Å². The second-order valence-corrected chi connectivity index (χ2v) is 5.34. The molecule has 0 aliphatic heterocycles. The van der Waals surface area contributed by atoms with Gasteiger partial charge >= 0.3 is 6.09 Å². The van der Waals surface area contributed by atoms with E-state index in [1.807, 2.05) is 19.9 Å². The average Bonchev–Trinajstić information content (AvgIpc) is 2.42. The number of hydrogen-bond acceptors (Lipinski definition) is 4. The van der Waals surface area contributed by atoms with Crippen LogP contribution in [-0.2, 0) is 9.53 Å². The van der Waals surface area contributed by atoms with Crippen LogP contribution in [-0.4, -0.2) is 44.1 Å². The number of nitrogens with zero attached hydrogens (tertiary/aromatic N) is 1. The van der Waals surface area contributed by atoms with E-state index in [0.29, 0.717) is 18.2 Å². The van der Waals surface area contributed by atoms with Gasteiger partial charge in [-0.3, -0.25) is 10.1 Å². The minimum absolute atomic E-state index is 0.0234. The van der Waals surface area contributed by atoms with Gasteiger partial charge in [-0.2, -0.15) is 0 Å². The Labute approximate surface area is 125 Å². The van der Waals surface area contributed by atoms with E-state index < -0.39 is 6.09 Å². The first-order valence-electron chi connectivity index (χ1n) is 6.86. The Hall–Kier alpha value is -2.24. The van der Waals surface area contributed by atoms with Gasteiger partial charge in [0.1, 0.15) is 0 Å². The van der Waals surface area contributed by atoms with E-state index in [9.17, 15) is 9.59 Å². The lowest BCUT2D eigenvalue weighted by Crippen LogP contribution is -2.28. The molecule has 0 aliphatic rings. The van der Waals surface area contributed by atoms with Crippen molar-refractivity contribution in [3.05, 3.63) is 24.3 Å². The molecule has 0 saturated heterocycles. The lowest BCUT2D eigenvalue weighted by Gasteiger charge is -2.13. The number of nitrogens with one attached hydrogen (secondary N) is 2. The van der Waals surface area contributed by atoms with E-state index in [0.717, 1.165) is 5.69 Å². The standard InChI is InChI=1S/C15H23N3O3/c1-11(2)10-21-15(20)17-13-7-5-6-12(8-13)16-9-14(19)18(3)4/h5-8,11,16H,9-10H2,1-4H3,(H,17,20). The highest BCUT2D eigenvalue weighted by Crippen LogP contribution is 2.15. The van der Waals surface area contributed by atoms with Gasteiger partial charge in [-0.15, -0.1) is 0 Å². The molecule has 1 rings (SSSR count). The van der Waals surface area contributed by atoms with Gasteiger partial charge in [0.15, 0.2) is 0 Å². The molecule has 0 aromatic heterocycles. The van der Waals surface area contributed by atoms with E-state index in [4.69, 9.17) is 4.74 Å². The van der Waals surface area contributed by atoms with Crippen molar-refractivity contribution in [3.63, 3.8) is 0 Å². The van der Waals surface area contributed by atoms with Crippen molar-refractivity contribution < 1.29 is 14.3 Å². The van der Waals surface area contributed by atoms with Crippen LogP contribution in [0, 0.1) is 5.92 Å². The highest BCUT2D eigenvalue weighted by molar-refractivity contribution is 5.86. The van der Waals surface area contributed by atoms with Gasteiger partial charge in [-0.1, -0.05) is 19.9 Å². The maximum Gasteiger partial charge on any atom is 0.411 e. The van der Waals surface area contributed by atoms with Gasteiger partial charge in [0.25, 0.3) is 0 Å². The third-order valence-corrected chi connectivity index (χ3v) is 2.60. The van der Waals surface area contributed by atoms with E-state index in [2.05, 4.69) is 10.6 Å². The molecule has 6 heteroatoms. The Morgan fingerprint density at radius 1 is 1.24 bits per heavy atom. The fourth-order valence-corrected chi connectivity index (χ4v) is 1.44. The molecule has 2 N–H and O–H groups in total. The number of amides is 2. The Balaban J connectivity index is 2.52. The normalized spacial score (nSPS) is 10.1. The second kappa shape index (κ2) is 8.14. The summed E-state index contributed by atoms with van der Waals surface area (Å²) in [6.45, 7) is 4.52. The molecular formula is C15H23N3O3. The van der Waals surface area contributed by atoms with Crippen LogP contribution in [0.3, 0.4) is 0 Å². The smallest absolute Gasteiger partial charge is 0.411 e. The van der Waals surface area contributed by atoms with Crippen molar-refractivity contribution in [1.29, 1.82) is 0 Å². The molecule has 0 spiro atoms. The predicted octanol–water partition coefficient (Wildman–Crippen LogP) is 2.39. The first-order valence-corrected chi connectivity index (χ1v) is 6.86. The average molecular weight is 293 g/mol. The van der Waals surface area contributed by atoms with Crippen molar-refractivity contribution in [2.75, 3.05) is 37.9 Å². The number of rotatable bonds is 6. The summed E-state index contributed by atoms with van der Waals surface area (Å²) in [7, 11) is 3.40. The van der Waals surface area contributed by atoms with Crippen LogP contribution in [0.25, 0.3) is 0 Å². The molecule has 0 bridgehead atoms. The molecule has 0 atom stereocenters. The highest BCUT2D eigenvalue weighted by Gasteiger charge is 2.06. The number of benzene rings is 1. The van der Waals surface area contributed by atoms with Gasteiger partial charge in [-0.05, 0) is 24.1 Å². The molecule has 1 aromatic carbocycles. The summed E-state index contributed by atoms with van der Waals surface area (Å²) in [5, 5.41) is 5.66. The highest BCUT2D eigenvalue weighted by atomic mass is 16.5. The molecular weight excluding hydrogens is 270 g/mol. The van der Waals surface area contributed by atoms with E-state index in [1.54, 1.807) is 32.3 Å². The number of hydrogen-bond donors (Lipinski definition) is 2. The fraction of sp³-hybridized carbons (Fsp3) is 0.467. The first-order chi connectivity index (χ1) is 9.88.